The minimum Gasteiger partial charge on any atom is -0.465 e. The lowest BCUT2D eigenvalue weighted by molar-refractivity contribution is 0.176. The molecule has 0 aliphatic carbocycles. The molecular formula is C17H30N2O. The van der Waals surface area contributed by atoms with E-state index in [1.165, 1.54) is 31.5 Å². The third-order valence-electron chi connectivity index (χ3n) is 4.06. The predicted molar refractivity (Wildman–Crippen MR) is 83.7 cm³/mol. The number of aryl methyl sites for hydroxylation is 1. The summed E-state index contributed by atoms with van der Waals surface area (Å²) in [5.74, 6) is 3.68. The van der Waals surface area contributed by atoms with Crippen molar-refractivity contribution in [3.05, 3.63) is 23.2 Å². The van der Waals surface area contributed by atoms with Gasteiger partial charge in [-0.3, -0.25) is 4.90 Å². The highest BCUT2D eigenvalue weighted by molar-refractivity contribution is 5.20. The van der Waals surface area contributed by atoms with E-state index in [0.717, 1.165) is 37.1 Å². The number of hydrogen-bond acceptors (Lipinski definition) is 3. The topological polar surface area (TPSA) is 28.4 Å². The third kappa shape index (κ3) is 4.64. The predicted octanol–water partition coefficient (Wildman–Crippen LogP) is 3.57. The van der Waals surface area contributed by atoms with Crippen LogP contribution in [0, 0.1) is 18.8 Å². The molecular weight excluding hydrogens is 248 g/mol. The molecule has 0 amide bonds. The fourth-order valence-corrected chi connectivity index (χ4v) is 2.99. The van der Waals surface area contributed by atoms with Gasteiger partial charge in [-0.1, -0.05) is 20.8 Å². The second kappa shape index (κ2) is 7.28. The highest BCUT2D eigenvalue weighted by Gasteiger charge is 2.18. The Hall–Kier alpha value is -0.800. The number of nitrogens with one attached hydrogen (secondary N) is 1. The van der Waals surface area contributed by atoms with Crippen molar-refractivity contribution < 1.29 is 4.42 Å². The van der Waals surface area contributed by atoms with Gasteiger partial charge in [-0.25, -0.2) is 0 Å². The van der Waals surface area contributed by atoms with E-state index in [0.29, 0.717) is 5.92 Å². The average molecular weight is 278 g/mol. The van der Waals surface area contributed by atoms with E-state index in [1.807, 2.05) is 0 Å². The van der Waals surface area contributed by atoms with Crippen molar-refractivity contribution in [2.24, 2.45) is 11.8 Å². The van der Waals surface area contributed by atoms with Crippen molar-refractivity contribution in [1.82, 2.24) is 10.2 Å². The molecule has 20 heavy (non-hydrogen) atoms. The highest BCUT2D eigenvalue weighted by atomic mass is 16.3. The summed E-state index contributed by atoms with van der Waals surface area (Å²) in [6.45, 7) is 14.3. The molecule has 3 heteroatoms. The Bertz CT molecular complexity index is 411. The summed E-state index contributed by atoms with van der Waals surface area (Å²) in [4.78, 5) is 2.57. The van der Waals surface area contributed by atoms with Crippen LogP contribution >= 0.6 is 0 Å². The van der Waals surface area contributed by atoms with Gasteiger partial charge in [-0.2, -0.15) is 0 Å². The molecule has 1 saturated heterocycles. The Morgan fingerprint density at radius 2 is 2.25 bits per heavy atom. The molecule has 1 unspecified atom stereocenters. The van der Waals surface area contributed by atoms with Crippen LogP contribution in [0.3, 0.4) is 0 Å². The molecule has 1 fully saturated rings. The summed E-state index contributed by atoms with van der Waals surface area (Å²) in [5.41, 5.74) is 1.36. The van der Waals surface area contributed by atoms with Gasteiger partial charge in [-0.05, 0) is 50.8 Å². The van der Waals surface area contributed by atoms with E-state index in [-0.39, 0.29) is 0 Å². The van der Waals surface area contributed by atoms with Gasteiger partial charge < -0.3 is 9.73 Å². The smallest absolute Gasteiger partial charge is 0.118 e. The molecule has 2 rings (SSSR count). The second-order valence-corrected chi connectivity index (χ2v) is 6.80. The van der Waals surface area contributed by atoms with E-state index in [1.54, 1.807) is 0 Å². The van der Waals surface area contributed by atoms with Crippen LogP contribution in [-0.4, -0.2) is 24.5 Å². The first kappa shape index (κ1) is 15.6. The average Bonchev–Trinajstić information content (AvgIpc) is 2.69. The zero-order valence-electron chi connectivity index (χ0n) is 13.5. The Labute approximate surface area is 123 Å². The summed E-state index contributed by atoms with van der Waals surface area (Å²) in [6.07, 6.45) is 2.71. The van der Waals surface area contributed by atoms with E-state index in [4.69, 9.17) is 4.42 Å². The second-order valence-electron chi connectivity index (χ2n) is 6.80. The van der Waals surface area contributed by atoms with Crippen molar-refractivity contribution in [3.63, 3.8) is 0 Å². The van der Waals surface area contributed by atoms with Gasteiger partial charge in [0.2, 0.25) is 0 Å². The highest BCUT2D eigenvalue weighted by Crippen LogP contribution is 2.21. The molecule has 1 aromatic heterocycles. The van der Waals surface area contributed by atoms with Gasteiger partial charge in [0.1, 0.15) is 11.5 Å². The summed E-state index contributed by atoms with van der Waals surface area (Å²) in [7, 11) is 0. The van der Waals surface area contributed by atoms with Crippen LogP contribution in [0.5, 0.6) is 0 Å². The van der Waals surface area contributed by atoms with E-state index in [2.05, 4.69) is 44.0 Å². The first-order chi connectivity index (χ1) is 9.54. The van der Waals surface area contributed by atoms with Gasteiger partial charge >= 0.3 is 0 Å². The maximum atomic E-state index is 5.88. The van der Waals surface area contributed by atoms with Crippen LogP contribution in [0.25, 0.3) is 0 Å². The molecule has 0 spiro atoms. The Balaban J connectivity index is 1.86. The summed E-state index contributed by atoms with van der Waals surface area (Å²) >= 11 is 0. The molecule has 1 atom stereocenters. The minimum atomic E-state index is 0.681. The Morgan fingerprint density at radius 3 is 2.95 bits per heavy atom. The number of likely N-dealkylation sites (tertiary alicyclic amines) is 1. The summed E-state index contributed by atoms with van der Waals surface area (Å²) in [5, 5.41) is 3.45. The quantitative estimate of drug-likeness (QED) is 0.862. The first-order valence-electron chi connectivity index (χ1n) is 8.06. The Morgan fingerprint density at radius 1 is 1.45 bits per heavy atom. The van der Waals surface area contributed by atoms with Crippen LogP contribution in [0.1, 0.15) is 50.7 Å². The monoisotopic (exact) mass is 278 g/mol. The number of nitrogens with zero attached hydrogens (tertiary/aromatic N) is 1. The number of rotatable bonds is 6. The third-order valence-corrected chi connectivity index (χ3v) is 4.06. The number of furan rings is 1. The standard InChI is InChI=1S/C17H30N2O/c1-13(2)9-18-10-17-8-16(15(4)20-17)12-19-7-5-6-14(3)11-19/h8,13-14,18H,5-7,9-12H2,1-4H3. The number of hydrogen-bond donors (Lipinski definition) is 1. The molecule has 1 aliphatic heterocycles. The SMILES string of the molecule is Cc1oc(CNCC(C)C)cc1CN1CCCC(C)C1. The van der Waals surface area contributed by atoms with Gasteiger partial charge in [0, 0.05) is 18.7 Å². The van der Waals surface area contributed by atoms with E-state index in [9.17, 15) is 0 Å². The fraction of sp³-hybridized carbons (Fsp3) is 0.765. The zero-order chi connectivity index (χ0) is 14.5. The maximum absolute atomic E-state index is 5.88. The van der Waals surface area contributed by atoms with Crippen LogP contribution in [0.15, 0.2) is 10.5 Å². The zero-order valence-corrected chi connectivity index (χ0v) is 13.5. The normalized spacial score (nSPS) is 20.8. The maximum Gasteiger partial charge on any atom is 0.118 e. The van der Waals surface area contributed by atoms with Crippen LogP contribution in [0.2, 0.25) is 0 Å². The summed E-state index contributed by atoms with van der Waals surface area (Å²) < 4.78 is 5.88. The molecule has 0 radical (unpaired) electrons. The lowest BCUT2D eigenvalue weighted by atomic mass is 10.00. The van der Waals surface area contributed by atoms with Crippen molar-refractivity contribution in [2.45, 2.75) is 53.6 Å². The van der Waals surface area contributed by atoms with Gasteiger partial charge in [0.05, 0.1) is 6.54 Å². The first-order valence-corrected chi connectivity index (χ1v) is 8.06. The van der Waals surface area contributed by atoms with Crippen molar-refractivity contribution >= 4 is 0 Å². The summed E-state index contributed by atoms with van der Waals surface area (Å²) in [6, 6.07) is 2.24. The van der Waals surface area contributed by atoms with Crippen molar-refractivity contribution in [2.75, 3.05) is 19.6 Å². The molecule has 0 aromatic carbocycles. The van der Waals surface area contributed by atoms with E-state index < -0.39 is 0 Å². The molecule has 0 saturated carbocycles. The molecule has 1 aliphatic rings. The fourth-order valence-electron chi connectivity index (χ4n) is 2.99. The largest absolute Gasteiger partial charge is 0.465 e. The molecule has 0 bridgehead atoms. The Kier molecular flexibility index (Phi) is 5.67. The lowest BCUT2D eigenvalue weighted by Crippen LogP contribution is -2.33. The molecule has 1 N–H and O–H groups in total. The molecule has 1 aromatic rings. The van der Waals surface area contributed by atoms with Crippen molar-refractivity contribution in [1.29, 1.82) is 0 Å². The van der Waals surface area contributed by atoms with Crippen molar-refractivity contribution in [3.8, 4) is 0 Å². The molecule has 114 valence electrons. The van der Waals surface area contributed by atoms with Gasteiger partial charge in [0.25, 0.3) is 0 Å². The van der Waals surface area contributed by atoms with Crippen LogP contribution in [-0.2, 0) is 13.1 Å². The molecule has 3 nitrogen and oxygen atoms in total. The molecule has 2 heterocycles. The van der Waals surface area contributed by atoms with Crippen LogP contribution in [0.4, 0.5) is 0 Å². The van der Waals surface area contributed by atoms with Gasteiger partial charge in [-0.15, -0.1) is 0 Å². The van der Waals surface area contributed by atoms with E-state index >= 15 is 0 Å². The minimum absolute atomic E-state index is 0.681. The van der Waals surface area contributed by atoms with Crippen LogP contribution < -0.4 is 5.32 Å². The lowest BCUT2D eigenvalue weighted by Gasteiger charge is -2.30. The number of piperidine rings is 1. The van der Waals surface area contributed by atoms with Gasteiger partial charge in [0.15, 0.2) is 0 Å².